The second-order valence-electron chi connectivity index (χ2n) is 30.8. The molecule has 0 aromatic heterocycles. The van der Waals surface area contributed by atoms with Crippen LogP contribution in [0.25, 0.3) is 0 Å². The van der Waals surface area contributed by atoms with Crippen molar-refractivity contribution in [3.8, 4) is 0 Å². The number of aliphatic hydroxyl groups is 1. The third-order valence-corrected chi connectivity index (χ3v) is 21.1. The Hall–Kier alpha value is -1.94. The quantitative estimate of drug-likeness (QED) is 0.0222. The number of unbranched alkanes of at least 4 members (excludes halogenated alkanes) is 43. The molecule has 17 nitrogen and oxygen atoms in total. The van der Waals surface area contributed by atoms with Crippen LogP contribution >= 0.6 is 15.6 Å². The molecule has 0 aliphatic heterocycles. The van der Waals surface area contributed by atoms with Gasteiger partial charge in [-0.25, -0.2) is 9.13 Å². The standard InChI is InChI=1S/C81H158O17P2/c1-9-74(8)60-52-44-35-28-24-20-16-12-10-11-13-17-22-26-30-37-47-55-63-80(85)97-76(67-91-78(83)61-53-45-36-29-25-21-18-14-15-19-23-27-33-41-49-57-71(2)3)69-95-99(87,88)93-65-75(82)66-94-100(89,90)96-70-77(68-92-79(84)62-54-46-40-39-43-51-59-73(6)7)98-81(86)64-56-48-38-32-31-34-42-50-58-72(4)5/h71-77,82H,9-70H2,1-8H3,(H,87,88)(H,89,90)/t74?,75-,76-,77-/m1/s1. The van der Waals surface area contributed by atoms with E-state index in [1.54, 1.807) is 0 Å². The minimum Gasteiger partial charge on any atom is -0.462 e. The predicted molar refractivity (Wildman–Crippen MR) is 409 cm³/mol. The van der Waals surface area contributed by atoms with Crippen molar-refractivity contribution in [1.82, 2.24) is 0 Å². The van der Waals surface area contributed by atoms with E-state index in [4.69, 9.17) is 37.0 Å². The molecule has 0 rings (SSSR count). The summed E-state index contributed by atoms with van der Waals surface area (Å²) in [7, 11) is -9.92. The van der Waals surface area contributed by atoms with Crippen LogP contribution < -0.4 is 0 Å². The fourth-order valence-electron chi connectivity index (χ4n) is 12.4. The molecule has 0 spiro atoms. The van der Waals surface area contributed by atoms with E-state index in [1.165, 1.54) is 212 Å². The highest BCUT2D eigenvalue weighted by molar-refractivity contribution is 7.47. The number of rotatable bonds is 78. The largest absolute Gasteiger partial charge is 0.472 e. The zero-order valence-corrected chi connectivity index (χ0v) is 67.6. The van der Waals surface area contributed by atoms with Gasteiger partial charge in [-0.2, -0.15) is 0 Å². The Morgan fingerprint density at radius 3 is 0.710 bits per heavy atom. The van der Waals surface area contributed by atoms with Crippen molar-refractivity contribution in [3.05, 3.63) is 0 Å². The molecule has 0 aromatic carbocycles. The summed E-state index contributed by atoms with van der Waals surface area (Å²) in [6, 6.07) is 0. The highest BCUT2D eigenvalue weighted by atomic mass is 31.2. The molecular formula is C81H158O17P2. The zero-order chi connectivity index (χ0) is 73.8. The van der Waals surface area contributed by atoms with Gasteiger partial charge in [0.2, 0.25) is 0 Å². The first-order valence-corrected chi connectivity index (χ1v) is 44.7. The lowest BCUT2D eigenvalue weighted by atomic mass is 9.99. The monoisotopic (exact) mass is 1470 g/mol. The highest BCUT2D eigenvalue weighted by Crippen LogP contribution is 2.45. The fourth-order valence-corrected chi connectivity index (χ4v) is 14.0. The van der Waals surface area contributed by atoms with Gasteiger partial charge < -0.3 is 33.8 Å². The van der Waals surface area contributed by atoms with Crippen LogP contribution in [0.15, 0.2) is 0 Å². The van der Waals surface area contributed by atoms with Gasteiger partial charge in [0.25, 0.3) is 0 Å². The van der Waals surface area contributed by atoms with E-state index in [2.05, 4.69) is 55.4 Å². The maximum Gasteiger partial charge on any atom is 0.472 e. The van der Waals surface area contributed by atoms with Crippen LogP contribution in [-0.2, 0) is 65.4 Å². The summed E-state index contributed by atoms with van der Waals surface area (Å²) in [5.74, 6) is 0.956. The van der Waals surface area contributed by atoms with Gasteiger partial charge in [0.15, 0.2) is 12.2 Å². The van der Waals surface area contributed by atoms with Gasteiger partial charge >= 0.3 is 39.5 Å². The molecule has 594 valence electrons. The van der Waals surface area contributed by atoms with Gasteiger partial charge in [0, 0.05) is 25.7 Å². The molecule has 0 aliphatic carbocycles. The number of carbonyl (C=O) groups is 4. The van der Waals surface area contributed by atoms with Crippen LogP contribution in [0.4, 0.5) is 0 Å². The van der Waals surface area contributed by atoms with Crippen molar-refractivity contribution in [3.63, 3.8) is 0 Å². The summed E-state index contributed by atoms with van der Waals surface area (Å²) < 4.78 is 68.6. The number of phosphoric ester groups is 2. The molecule has 0 saturated carbocycles. The molecule has 0 fully saturated rings. The zero-order valence-electron chi connectivity index (χ0n) is 65.8. The Morgan fingerprint density at radius 1 is 0.280 bits per heavy atom. The second-order valence-corrected chi connectivity index (χ2v) is 33.7. The number of hydrogen-bond donors (Lipinski definition) is 3. The molecule has 3 N–H and O–H groups in total. The molecule has 100 heavy (non-hydrogen) atoms. The van der Waals surface area contributed by atoms with E-state index in [0.29, 0.717) is 31.6 Å². The smallest absolute Gasteiger partial charge is 0.462 e. The summed E-state index contributed by atoms with van der Waals surface area (Å²) in [5, 5.41) is 10.6. The van der Waals surface area contributed by atoms with E-state index in [-0.39, 0.29) is 25.7 Å². The predicted octanol–water partition coefficient (Wildman–Crippen LogP) is 24.0. The lowest BCUT2D eigenvalue weighted by Gasteiger charge is -2.21. The van der Waals surface area contributed by atoms with Crippen molar-refractivity contribution in [1.29, 1.82) is 0 Å². The molecule has 3 unspecified atom stereocenters. The number of ether oxygens (including phenoxy) is 4. The van der Waals surface area contributed by atoms with Crippen molar-refractivity contribution < 1.29 is 80.2 Å². The molecule has 0 heterocycles. The number of hydrogen-bond acceptors (Lipinski definition) is 15. The first kappa shape index (κ1) is 98.1. The van der Waals surface area contributed by atoms with Crippen molar-refractivity contribution in [2.45, 2.75) is 433 Å². The van der Waals surface area contributed by atoms with Gasteiger partial charge in [-0.1, -0.05) is 364 Å². The van der Waals surface area contributed by atoms with Gasteiger partial charge in [-0.15, -0.1) is 0 Å². The van der Waals surface area contributed by atoms with Crippen LogP contribution in [0.1, 0.15) is 415 Å². The number of carbonyl (C=O) groups excluding carboxylic acids is 4. The Morgan fingerprint density at radius 2 is 0.480 bits per heavy atom. The second kappa shape index (κ2) is 70.1. The average Bonchev–Trinajstić information content (AvgIpc) is 0.935. The Balaban J connectivity index is 5.19. The first-order chi connectivity index (χ1) is 48.1. The molecule has 19 heteroatoms. The summed E-state index contributed by atoms with van der Waals surface area (Å²) in [4.78, 5) is 72.9. The van der Waals surface area contributed by atoms with E-state index >= 15 is 0 Å². The molecule has 0 radical (unpaired) electrons. The number of phosphoric acid groups is 2. The third-order valence-electron chi connectivity index (χ3n) is 19.2. The van der Waals surface area contributed by atoms with Crippen LogP contribution in [0.3, 0.4) is 0 Å². The minimum absolute atomic E-state index is 0.103. The summed E-state index contributed by atoms with van der Waals surface area (Å²) in [6.45, 7) is 14.2. The van der Waals surface area contributed by atoms with Crippen molar-refractivity contribution in [2.75, 3.05) is 39.6 Å². The molecule has 0 aromatic rings. The molecule has 0 aliphatic rings. The van der Waals surface area contributed by atoms with Crippen LogP contribution in [-0.4, -0.2) is 96.7 Å². The van der Waals surface area contributed by atoms with E-state index in [0.717, 1.165) is 114 Å². The van der Waals surface area contributed by atoms with Crippen LogP contribution in [0.2, 0.25) is 0 Å². The van der Waals surface area contributed by atoms with Gasteiger partial charge in [0.05, 0.1) is 26.4 Å². The number of esters is 4. The molecule has 6 atom stereocenters. The van der Waals surface area contributed by atoms with Crippen molar-refractivity contribution in [2.24, 2.45) is 23.7 Å². The third kappa shape index (κ3) is 73.0. The molecule has 0 bridgehead atoms. The van der Waals surface area contributed by atoms with Gasteiger partial charge in [0.1, 0.15) is 19.3 Å². The van der Waals surface area contributed by atoms with Crippen LogP contribution in [0, 0.1) is 23.7 Å². The normalized spacial score (nSPS) is 14.3. The van der Waals surface area contributed by atoms with Gasteiger partial charge in [-0.3, -0.25) is 37.3 Å². The fraction of sp³-hybridized carbons (Fsp3) is 0.951. The average molecular weight is 1470 g/mol. The van der Waals surface area contributed by atoms with E-state index in [1.807, 2.05) is 0 Å². The maximum absolute atomic E-state index is 13.1. The number of aliphatic hydroxyl groups excluding tert-OH is 1. The maximum atomic E-state index is 13.1. The Kier molecular flexibility index (Phi) is 68.7. The van der Waals surface area contributed by atoms with Crippen LogP contribution in [0.5, 0.6) is 0 Å². The molecular weight excluding hydrogens is 1310 g/mol. The summed E-state index contributed by atoms with van der Waals surface area (Å²) in [5.41, 5.74) is 0. The highest BCUT2D eigenvalue weighted by Gasteiger charge is 2.30. The van der Waals surface area contributed by atoms with E-state index in [9.17, 15) is 43.2 Å². The Labute approximate surface area is 613 Å². The van der Waals surface area contributed by atoms with Gasteiger partial charge in [-0.05, 0) is 49.4 Å². The van der Waals surface area contributed by atoms with Crippen molar-refractivity contribution >= 4 is 39.5 Å². The summed E-state index contributed by atoms with van der Waals surface area (Å²) >= 11 is 0. The summed E-state index contributed by atoms with van der Waals surface area (Å²) in [6.07, 6.45) is 57.2. The minimum atomic E-state index is -4.96. The lowest BCUT2D eigenvalue weighted by Crippen LogP contribution is -2.30. The SMILES string of the molecule is CCC(C)CCCCCCCCCCCCCCCCCCCCC(=O)O[C@H](COC(=O)CCCCCCCCCCCCCCCCCC(C)C)COP(=O)(O)OC[C@@H](O)COP(=O)(O)OC[C@@H](COC(=O)CCCCCCCCC(C)C)OC(=O)CCCCCCCCCCC(C)C. The molecule has 0 saturated heterocycles. The topological polar surface area (TPSA) is 237 Å². The van der Waals surface area contributed by atoms with E-state index < -0.39 is 97.5 Å². The Bertz CT molecular complexity index is 1960. The lowest BCUT2D eigenvalue weighted by molar-refractivity contribution is -0.161. The first-order valence-electron chi connectivity index (χ1n) is 41.7. The molecule has 0 amide bonds.